The lowest BCUT2D eigenvalue weighted by Gasteiger charge is -2.08. The number of halogens is 2. The van der Waals surface area contributed by atoms with E-state index in [4.69, 9.17) is 0 Å². The molecule has 1 aliphatic carbocycles. The Morgan fingerprint density at radius 3 is 2.76 bits per heavy atom. The predicted octanol–water partition coefficient (Wildman–Crippen LogP) is 3.49. The van der Waals surface area contributed by atoms with Gasteiger partial charge in [-0.1, -0.05) is 0 Å². The third-order valence-corrected chi connectivity index (χ3v) is 4.82. The van der Waals surface area contributed by atoms with Crippen LogP contribution in [-0.4, -0.2) is 28.8 Å². The number of nitrogens with one attached hydrogen (secondary N) is 1. The molecule has 1 amide bonds. The van der Waals surface area contributed by atoms with E-state index in [0.717, 1.165) is 22.4 Å². The fourth-order valence-corrected chi connectivity index (χ4v) is 3.42. The second-order valence-corrected chi connectivity index (χ2v) is 7.12. The molecule has 6 nitrogen and oxygen atoms in total. The molecule has 25 heavy (non-hydrogen) atoms. The third-order valence-electron chi connectivity index (χ3n) is 3.86. The van der Waals surface area contributed by atoms with Crippen LogP contribution in [0.1, 0.15) is 51.8 Å². The van der Waals surface area contributed by atoms with Gasteiger partial charge in [-0.25, -0.2) is 13.6 Å². The number of ether oxygens (including phenoxy) is 1. The van der Waals surface area contributed by atoms with Gasteiger partial charge in [0.25, 0.3) is 6.43 Å². The van der Waals surface area contributed by atoms with Crippen molar-refractivity contribution in [2.24, 2.45) is 0 Å². The van der Waals surface area contributed by atoms with Gasteiger partial charge in [0.15, 0.2) is 0 Å². The number of carbonyl (C=O) groups is 2. The third kappa shape index (κ3) is 3.87. The molecule has 0 aromatic carbocycles. The molecule has 0 atom stereocenters. The van der Waals surface area contributed by atoms with Crippen LogP contribution in [-0.2, 0) is 16.1 Å². The molecule has 0 spiro atoms. The van der Waals surface area contributed by atoms with Gasteiger partial charge in [-0.05, 0) is 31.9 Å². The molecule has 0 saturated heterocycles. The van der Waals surface area contributed by atoms with Crippen molar-refractivity contribution in [2.75, 3.05) is 12.4 Å². The summed E-state index contributed by atoms with van der Waals surface area (Å²) in [4.78, 5) is 24.8. The van der Waals surface area contributed by atoms with Crippen LogP contribution in [0.5, 0.6) is 0 Å². The largest absolute Gasteiger partial charge is 0.465 e. The van der Waals surface area contributed by atoms with Crippen molar-refractivity contribution in [3.05, 3.63) is 34.0 Å². The number of aryl methyl sites for hydroxylation is 1. The first-order valence-electron chi connectivity index (χ1n) is 7.73. The molecule has 0 bridgehead atoms. The summed E-state index contributed by atoms with van der Waals surface area (Å²) in [6, 6.07) is 2.97. The van der Waals surface area contributed by atoms with Gasteiger partial charge in [0.05, 0.1) is 18.4 Å². The molecule has 2 aromatic heterocycles. The molecule has 0 radical (unpaired) electrons. The summed E-state index contributed by atoms with van der Waals surface area (Å²) in [5.41, 5.74) is 0.574. The Kier molecular flexibility index (Phi) is 4.85. The van der Waals surface area contributed by atoms with E-state index in [0.29, 0.717) is 10.7 Å². The molecule has 3 rings (SSSR count). The van der Waals surface area contributed by atoms with Gasteiger partial charge in [0.1, 0.15) is 17.2 Å². The number of alkyl halides is 2. The van der Waals surface area contributed by atoms with Gasteiger partial charge in [-0.15, -0.1) is 11.3 Å². The van der Waals surface area contributed by atoms with Crippen molar-refractivity contribution in [3.63, 3.8) is 0 Å². The van der Waals surface area contributed by atoms with E-state index >= 15 is 0 Å². The van der Waals surface area contributed by atoms with Crippen LogP contribution < -0.4 is 5.32 Å². The number of hydrogen-bond acceptors (Lipinski definition) is 5. The monoisotopic (exact) mass is 369 g/mol. The van der Waals surface area contributed by atoms with E-state index in [9.17, 15) is 18.4 Å². The number of thiophene rings is 1. The van der Waals surface area contributed by atoms with E-state index in [1.165, 1.54) is 24.5 Å². The number of esters is 1. The number of anilines is 1. The minimum atomic E-state index is -2.71. The van der Waals surface area contributed by atoms with Gasteiger partial charge in [0.2, 0.25) is 5.91 Å². The lowest BCUT2D eigenvalue weighted by molar-refractivity contribution is -0.117. The number of carbonyl (C=O) groups excluding carboxylic acids is 2. The van der Waals surface area contributed by atoms with Gasteiger partial charge in [-0.3, -0.25) is 9.48 Å². The Balaban J connectivity index is 1.76. The Hall–Kier alpha value is -2.29. The van der Waals surface area contributed by atoms with Crippen molar-refractivity contribution >= 4 is 28.2 Å². The lowest BCUT2D eigenvalue weighted by atomic mass is 10.3. The fraction of sp³-hybridized carbons (Fsp3) is 0.438. The fourth-order valence-electron chi connectivity index (χ4n) is 2.50. The van der Waals surface area contributed by atoms with Crippen LogP contribution in [0.25, 0.3) is 0 Å². The quantitative estimate of drug-likeness (QED) is 0.791. The smallest absolute Gasteiger partial charge is 0.340 e. The van der Waals surface area contributed by atoms with Crippen LogP contribution in [0, 0.1) is 6.92 Å². The second-order valence-electron chi connectivity index (χ2n) is 5.87. The van der Waals surface area contributed by atoms with Crippen molar-refractivity contribution in [2.45, 2.75) is 38.7 Å². The van der Waals surface area contributed by atoms with Crippen molar-refractivity contribution in [3.8, 4) is 0 Å². The lowest BCUT2D eigenvalue weighted by Crippen LogP contribution is -2.21. The standard InChI is InChI=1S/C16H17F2N3O3S/c1-8-5-10(16(23)24-2)15(25-8)19-13(22)7-21-12(14(17)18)6-11(20-21)9-3-4-9/h5-6,9,14H,3-4,7H2,1-2H3,(H,19,22). The molecular formula is C16H17F2N3O3S. The molecule has 2 heterocycles. The maximum Gasteiger partial charge on any atom is 0.340 e. The van der Waals surface area contributed by atoms with Crippen molar-refractivity contribution < 1.29 is 23.1 Å². The van der Waals surface area contributed by atoms with Gasteiger partial charge >= 0.3 is 5.97 Å². The molecule has 1 fully saturated rings. The Morgan fingerprint density at radius 1 is 1.44 bits per heavy atom. The summed E-state index contributed by atoms with van der Waals surface area (Å²) >= 11 is 1.22. The molecule has 2 aromatic rings. The molecule has 1 aliphatic rings. The van der Waals surface area contributed by atoms with Crippen LogP contribution >= 0.6 is 11.3 Å². The number of methoxy groups -OCH3 is 1. The first-order valence-corrected chi connectivity index (χ1v) is 8.55. The minimum absolute atomic E-state index is 0.215. The highest BCUT2D eigenvalue weighted by Gasteiger charge is 2.29. The number of rotatable bonds is 6. The van der Waals surface area contributed by atoms with E-state index in [1.807, 2.05) is 0 Å². The van der Waals surface area contributed by atoms with E-state index < -0.39 is 18.3 Å². The number of aromatic nitrogens is 2. The predicted molar refractivity (Wildman–Crippen MR) is 88.2 cm³/mol. The van der Waals surface area contributed by atoms with Crippen molar-refractivity contribution in [1.82, 2.24) is 9.78 Å². The average molecular weight is 369 g/mol. The topological polar surface area (TPSA) is 73.2 Å². The maximum absolute atomic E-state index is 13.2. The van der Waals surface area contributed by atoms with Crippen LogP contribution in [0.15, 0.2) is 12.1 Å². The highest BCUT2D eigenvalue weighted by molar-refractivity contribution is 7.16. The average Bonchev–Trinajstić information content (AvgIpc) is 3.22. The summed E-state index contributed by atoms with van der Waals surface area (Å²) in [5, 5.41) is 7.07. The minimum Gasteiger partial charge on any atom is -0.465 e. The van der Waals surface area contributed by atoms with Crippen LogP contribution in [0.4, 0.5) is 13.8 Å². The highest BCUT2D eigenvalue weighted by atomic mass is 32.1. The second kappa shape index (κ2) is 6.91. The molecule has 0 aliphatic heterocycles. The van der Waals surface area contributed by atoms with E-state index in [1.54, 1.807) is 13.0 Å². The summed E-state index contributed by atoms with van der Waals surface area (Å²) in [5.74, 6) is -0.880. The summed E-state index contributed by atoms with van der Waals surface area (Å²) in [6.07, 6.45) is -0.839. The van der Waals surface area contributed by atoms with Gasteiger partial charge < -0.3 is 10.1 Å². The first-order chi connectivity index (χ1) is 11.9. The molecule has 9 heteroatoms. The molecular weight excluding hydrogens is 352 g/mol. The Labute approximate surface area is 146 Å². The molecule has 1 N–H and O–H groups in total. The summed E-state index contributed by atoms with van der Waals surface area (Å²) < 4.78 is 32.0. The van der Waals surface area contributed by atoms with Crippen LogP contribution in [0.2, 0.25) is 0 Å². The SMILES string of the molecule is COC(=O)c1cc(C)sc1NC(=O)Cn1nc(C2CC2)cc1C(F)F. The number of hydrogen-bond donors (Lipinski definition) is 1. The van der Waals surface area contributed by atoms with Gasteiger partial charge in [-0.2, -0.15) is 5.10 Å². The van der Waals surface area contributed by atoms with E-state index in [2.05, 4.69) is 15.2 Å². The van der Waals surface area contributed by atoms with E-state index in [-0.39, 0.29) is 23.7 Å². The zero-order valence-corrected chi connectivity index (χ0v) is 14.5. The normalized spacial score (nSPS) is 14.0. The number of nitrogens with zero attached hydrogens (tertiary/aromatic N) is 2. The molecule has 1 saturated carbocycles. The molecule has 0 unspecified atom stereocenters. The summed E-state index contributed by atoms with van der Waals surface area (Å²) in [7, 11) is 1.25. The zero-order chi connectivity index (χ0) is 18.1. The van der Waals surface area contributed by atoms with Crippen LogP contribution in [0.3, 0.4) is 0 Å². The molecule has 134 valence electrons. The Morgan fingerprint density at radius 2 is 2.16 bits per heavy atom. The highest BCUT2D eigenvalue weighted by Crippen LogP contribution is 2.40. The maximum atomic E-state index is 13.2. The van der Waals surface area contributed by atoms with Gasteiger partial charge in [0, 0.05) is 10.8 Å². The van der Waals surface area contributed by atoms with Crippen molar-refractivity contribution in [1.29, 1.82) is 0 Å². The first kappa shape index (κ1) is 17.5. The number of amides is 1. The zero-order valence-electron chi connectivity index (χ0n) is 13.7. The Bertz CT molecular complexity index is 812. The summed E-state index contributed by atoms with van der Waals surface area (Å²) in [6.45, 7) is 1.45.